The van der Waals surface area contributed by atoms with Gasteiger partial charge in [-0.25, -0.2) is 0 Å². The molecular weight excluding hydrogens is 326 g/mol. The average molecular weight is 343 g/mol. The molecule has 4 nitrogen and oxygen atoms in total. The van der Waals surface area contributed by atoms with E-state index in [9.17, 15) is 4.79 Å². The third-order valence-electron chi connectivity index (χ3n) is 4.14. The van der Waals surface area contributed by atoms with Gasteiger partial charge >= 0.3 is 0 Å². The van der Waals surface area contributed by atoms with E-state index in [0.717, 1.165) is 17.0 Å². The van der Waals surface area contributed by atoms with E-state index in [2.05, 4.69) is 4.98 Å². The number of aromatic nitrogens is 1. The van der Waals surface area contributed by atoms with E-state index in [-0.39, 0.29) is 12.4 Å². The summed E-state index contributed by atoms with van der Waals surface area (Å²) >= 11 is 0. The molecule has 4 rings (SSSR count). The second-order valence-corrected chi connectivity index (χ2v) is 5.96. The molecule has 1 aliphatic heterocycles. The predicted octanol–water partition coefficient (Wildman–Crippen LogP) is 4.32. The van der Waals surface area contributed by atoms with Crippen LogP contribution in [0.3, 0.4) is 0 Å². The zero-order valence-corrected chi connectivity index (χ0v) is 14.1. The highest BCUT2D eigenvalue weighted by Gasteiger charge is 2.22. The number of carbonyl (C=O) groups is 1. The monoisotopic (exact) mass is 343 g/mol. The second kappa shape index (κ2) is 7.23. The van der Waals surface area contributed by atoms with Crippen LogP contribution in [0.25, 0.3) is 6.08 Å². The second-order valence-electron chi connectivity index (χ2n) is 5.96. The fourth-order valence-corrected chi connectivity index (χ4v) is 2.78. The van der Waals surface area contributed by atoms with Crippen LogP contribution in [0, 0.1) is 0 Å². The van der Waals surface area contributed by atoms with Gasteiger partial charge in [0.05, 0.1) is 11.3 Å². The Bertz CT molecular complexity index is 947. The number of pyridine rings is 1. The molecule has 0 saturated heterocycles. The quantitative estimate of drug-likeness (QED) is 0.662. The maximum atomic E-state index is 12.6. The molecule has 0 aliphatic carbocycles. The number of para-hydroxylation sites is 1. The molecule has 4 heteroatoms. The molecule has 2 heterocycles. The van der Waals surface area contributed by atoms with Gasteiger partial charge in [0.25, 0.3) is 0 Å². The number of ketones is 1. The van der Waals surface area contributed by atoms with Crippen molar-refractivity contribution in [1.29, 1.82) is 0 Å². The number of hydrogen-bond acceptors (Lipinski definition) is 4. The summed E-state index contributed by atoms with van der Waals surface area (Å²) in [5.74, 6) is 1.42. The summed E-state index contributed by atoms with van der Waals surface area (Å²) in [5, 5.41) is 0. The molecule has 26 heavy (non-hydrogen) atoms. The van der Waals surface area contributed by atoms with Crippen LogP contribution in [0.4, 0.5) is 0 Å². The van der Waals surface area contributed by atoms with Crippen molar-refractivity contribution < 1.29 is 14.3 Å². The highest BCUT2D eigenvalue weighted by Crippen LogP contribution is 2.27. The molecule has 0 amide bonds. The van der Waals surface area contributed by atoms with Gasteiger partial charge in [-0.05, 0) is 48.0 Å². The standard InChI is InChI=1S/C22H17NO3/c24-22-17(14-26-21-7-2-1-6-20(21)22)13-16-8-10-19(11-9-16)25-15-18-5-3-4-12-23-18/h1-13H,14-15H2/b17-13-. The summed E-state index contributed by atoms with van der Waals surface area (Å²) in [7, 11) is 0. The summed E-state index contributed by atoms with van der Waals surface area (Å²) in [5.41, 5.74) is 3.06. The van der Waals surface area contributed by atoms with Crippen LogP contribution in [0.1, 0.15) is 21.6 Å². The van der Waals surface area contributed by atoms with Gasteiger partial charge < -0.3 is 9.47 Å². The van der Waals surface area contributed by atoms with Crippen molar-refractivity contribution in [2.24, 2.45) is 0 Å². The van der Waals surface area contributed by atoms with Gasteiger partial charge in [-0.3, -0.25) is 9.78 Å². The summed E-state index contributed by atoms with van der Waals surface area (Å²) in [6, 6.07) is 20.7. The minimum Gasteiger partial charge on any atom is -0.488 e. The van der Waals surface area contributed by atoms with Crippen LogP contribution in [-0.4, -0.2) is 17.4 Å². The summed E-state index contributed by atoms with van der Waals surface area (Å²) in [6.45, 7) is 0.707. The zero-order chi connectivity index (χ0) is 17.8. The van der Waals surface area contributed by atoms with Crippen molar-refractivity contribution in [2.45, 2.75) is 6.61 Å². The van der Waals surface area contributed by atoms with E-state index in [1.54, 1.807) is 12.3 Å². The molecule has 0 N–H and O–H groups in total. The average Bonchev–Trinajstić information content (AvgIpc) is 2.70. The lowest BCUT2D eigenvalue weighted by molar-refractivity contribution is 0.100. The number of Topliss-reactive ketones (excluding diaryl/α,β-unsaturated/α-hetero) is 1. The maximum absolute atomic E-state index is 12.6. The fraction of sp³-hybridized carbons (Fsp3) is 0.0909. The normalized spacial score (nSPS) is 14.6. The summed E-state index contributed by atoms with van der Waals surface area (Å²) in [4.78, 5) is 16.8. The van der Waals surface area contributed by atoms with Crippen molar-refractivity contribution >= 4 is 11.9 Å². The number of nitrogens with zero attached hydrogens (tertiary/aromatic N) is 1. The van der Waals surface area contributed by atoms with E-state index in [4.69, 9.17) is 9.47 Å². The molecule has 0 bridgehead atoms. The van der Waals surface area contributed by atoms with Gasteiger partial charge in [-0.15, -0.1) is 0 Å². The Morgan fingerprint density at radius 3 is 2.62 bits per heavy atom. The minimum absolute atomic E-state index is 0.0160. The molecule has 0 fully saturated rings. The van der Waals surface area contributed by atoms with E-state index in [1.165, 1.54) is 0 Å². The van der Waals surface area contributed by atoms with Crippen LogP contribution in [0.5, 0.6) is 11.5 Å². The van der Waals surface area contributed by atoms with E-state index < -0.39 is 0 Å². The van der Waals surface area contributed by atoms with Crippen molar-refractivity contribution in [3.8, 4) is 11.5 Å². The number of carbonyl (C=O) groups excluding carboxylic acids is 1. The first kappa shape index (κ1) is 16.1. The van der Waals surface area contributed by atoms with Gasteiger partial charge in [0.2, 0.25) is 0 Å². The Balaban J connectivity index is 1.46. The van der Waals surface area contributed by atoms with Gasteiger partial charge in [0.15, 0.2) is 5.78 Å². The molecule has 1 aliphatic rings. The molecule has 0 radical (unpaired) electrons. The molecule has 2 aromatic carbocycles. The van der Waals surface area contributed by atoms with Gasteiger partial charge in [0.1, 0.15) is 24.7 Å². The Morgan fingerprint density at radius 2 is 1.81 bits per heavy atom. The molecule has 0 spiro atoms. The largest absolute Gasteiger partial charge is 0.488 e. The number of rotatable bonds is 4. The Morgan fingerprint density at radius 1 is 1.00 bits per heavy atom. The highest BCUT2D eigenvalue weighted by molar-refractivity contribution is 6.14. The molecule has 0 atom stereocenters. The lowest BCUT2D eigenvalue weighted by Crippen LogP contribution is -2.18. The third-order valence-corrected chi connectivity index (χ3v) is 4.14. The van der Waals surface area contributed by atoms with Crippen LogP contribution in [0.15, 0.2) is 78.5 Å². The van der Waals surface area contributed by atoms with Gasteiger partial charge in [-0.2, -0.15) is 0 Å². The Labute approximate surface area is 151 Å². The lowest BCUT2D eigenvalue weighted by atomic mass is 9.98. The van der Waals surface area contributed by atoms with Gasteiger partial charge in [0, 0.05) is 11.8 Å². The molecule has 128 valence electrons. The number of hydrogen-bond donors (Lipinski definition) is 0. The predicted molar refractivity (Wildman–Crippen MR) is 99.3 cm³/mol. The smallest absolute Gasteiger partial charge is 0.196 e. The molecule has 3 aromatic rings. The number of fused-ring (bicyclic) bond motifs is 1. The van der Waals surface area contributed by atoms with Crippen LogP contribution in [0.2, 0.25) is 0 Å². The van der Waals surface area contributed by atoms with Crippen molar-refractivity contribution in [1.82, 2.24) is 4.98 Å². The fourth-order valence-electron chi connectivity index (χ4n) is 2.78. The zero-order valence-electron chi connectivity index (χ0n) is 14.1. The SMILES string of the molecule is O=C1/C(=C\c2ccc(OCc3ccccn3)cc2)COc2ccccc21. The van der Waals surface area contributed by atoms with E-state index in [1.807, 2.05) is 66.7 Å². The first-order valence-corrected chi connectivity index (χ1v) is 8.39. The van der Waals surface area contributed by atoms with Crippen LogP contribution < -0.4 is 9.47 Å². The summed E-state index contributed by atoms with van der Waals surface area (Å²) < 4.78 is 11.4. The van der Waals surface area contributed by atoms with E-state index in [0.29, 0.717) is 23.5 Å². The highest BCUT2D eigenvalue weighted by atomic mass is 16.5. The van der Waals surface area contributed by atoms with Crippen molar-refractivity contribution in [3.63, 3.8) is 0 Å². The Kier molecular flexibility index (Phi) is 4.48. The third kappa shape index (κ3) is 3.49. The van der Waals surface area contributed by atoms with Crippen molar-refractivity contribution in [3.05, 3.63) is 95.3 Å². The maximum Gasteiger partial charge on any atom is 0.196 e. The molecule has 1 aromatic heterocycles. The van der Waals surface area contributed by atoms with Crippen LogP contribution in [-0.2, 0) is 6.61 Å². The topological polar surface area (TPSA) is 48.4 Å². The van der Waals surface area contributed by atoms with Crippen molar-refractivity contribution in [2.75, 3.05) is 6.61 Å². The number of benzene rings is 2. The molecular formula is C22H17NO3. The Hall–Kier alpha value is -3.40. The molecule has 0 saturated carbocycles. The molecule has 0 unspecified atom stereocenters. The van der Waals surface area contributed by atoms with Gasteiger partial charge in [-0.1, -0.05) is 30.3 Å². The minimum atomic E-state index is 0.0160. The lowest BCUT2D eigenvalue weighted by Gasteiger charge is -2.18. The number of ether oxygens (including phenoxy) is 2. The van der Waals surface area contributed by atoms with Crippen LogP contribution >= 0.6 is 0 Å². The summed E-state index contributed by atoms with van der Waals surface area (Å²) in [6.07, 6.45) is 3.61. The first-order chi connectivity index (χ1) is 12.8. The first-order valence-electron chi connectivity index (χ1n) is 8.39. The van der Waals surface area contributed by atoms with E-state index >= 15 is 0 Å².